The number of ether oxygens (including phenoxy) is 1. The van der Waals surface area contributed by atoms with Crippen molar-refractivity contribution in [2.75, 3.05) is 49.6 Å². The molecule has 5 heterocycles. The summed E-state index contributed by atoms with van der Waals surface area (Å²) in [6.45, 7) is 3.41. The Bertz CT molecular complexity index is 1580. The van der Waals surface area contributed by atoms with E-state index in [1.165, 1.54) is 23.1 Å². The fourth-order valence-electron chi connectivity index (χ4n) is 6.96. The number of anilines is 2. The normalized spacial score (nSPS) is 24.1. The summed E-state index contributed by atoms with van der Waals surface area (Å²) < 4.78 is 20.9. The van der Waals surface area contributed by atoms with Gasteiger partial charge in [-0.25, -0.2) is 4.39 Å². The van der Waals surface area contributed by atoms with E-state index in [0.29, 0.717) is 48.1 Å². The number of nitrogens with zero attached hydrogens (tertiary/aromatic N) is 5. The van der Waals surface area contributed by atoms with Gasteiger partial charge in [0.1, 0.15) is 29.7 Å². The standard InChI is InChI=1S/C31H33FN6O3/c1-3-23-25(32)9-6-18-13-22(39)14-26(27(18)23)38-12-10-24-28(30(38)40)34-31(41-17-21-5-4-11-36(21)2)35-29(24)37-15-19-7-8-20(16-37)33-19/h1,6,9,13-14,19-21,33,39H,4-5,7-8,10-12,15-17H2,2H3/t19-,20+,21-/m0/s1. The molecular formula is C31H33FN6O3. The largest absolute Gasteiger partial charge is 0.508 e. The van der Waals surface area contributed by atoms with Crippen molar-refractivity contribution in [1.82, 2.24) is 20.2 Å². The first kappa shape index (κ1) is 26.0. The quantitative estimate of drug-likeness (QED) is 0.464. The average Bonchev–Trinajstić information content (AvgIpc) is 3.54. The van der Waals surface area contributed by atoms with Crippen LogP contribution in [0.5, 0.6) is 11.8 Å². The minimum Gasteiger partial charge on any atom is -0.508 e. The Hall–Kier alpha value is -3.94. The van der Waals surface area contributed by atoms with E-state index in [2.05, 4.69) is 33.1 Å². The minimum absolute atomic E-state index is 0.0370. The smallest absolute Gasteiger partial charge is 0.319 e. The summed E-state index contributed by atoms with van der Waals surface area (Å²) >= 11 is 0. The second-order valence-corrected chi connectivity index (χ2v) is 11.6. The number of benzene rings is 2. The predicted molar refractivity (Wildman–Crippen MR) is 154 cm³/mol. The lowest BCUT2D eigenvalue weighted by molar-refractivity contribution is 0.0973. The van der Waals surface area contributed by atoms with Crippen LogP contribution in [0.3, 0.4) is 0 Å². The highest BCUT2D eigenvalue weighted by Crippen LogP contribution is 2.39. The maximum atomic E-state index is 14.8. The minimum atomic E-state index is -0.553. The lowest BCUT2D eigenvalue weighted by Crippen LogP contribution is -2.52. The summed E-state index contributed by atoms with van der Waals surface area (Å²) in [5, 5.41) is 15.1. The summed E-state index contributed by atoms with van der Waals surface area (Å²) in [5.41, 5.74) is 1.49. The molecule has 0 radical (unpaired) electrons. The van der Waals surface area contributed by atoms with Crippen LogP contribution in [0, 0.1) is 18.2 Å². The number of likely N-dealkylation sites (tertiary alicyclic amines) is 1. The van der Waals surface area contributed by atoms with Crippen LogP contribution in [0.1, 0.15) is 47.3 Å². The van der Waals surface area contributed by atoms with Crippen molar-refractivity contribution in [1.29, 1.82) is 0 Å². The maximum Gasteiger partial charge on any atom is 0.319 e. The third-order valence-electron chi connectivity index (χ3n) is 9.06. The van der Waals surface area contributed by atoms with Crippen molar-refractivity contribution in [3.63, 3.8) is 0 Å². The Morgan fingerprint density at radius 3 is 2.71 bits per heavy atom. The molecule has 4 aliphatic rings. The van der Waals surface area contributed by atoms with E-state index in [9.17, 15) is 14.3 Å². The Morgan fingerprint density at radius 2 is 1.98 bits per heavy atom. The average molecular weight is 557 g/mol. The highest BCUT2D eigenvalue weighted by Gasteiger charge is 2.38. The molecule has 0 aliphatic carbocycles. The summed E-state index contributed by atoms with van der Waals surface area (Å²) in [6.07, 6.45) is 10.6. The number of aromatic nitrogens is 2. The molecule has 2 N–H and O–H groups in total. The number of carbonyl (C=O) groups is 1. The SMILES string of the molecule is C#Cc1c(F)ccc2cc(O)cc(N3CCc4c(nc(OC[C@@H]5CCCN5C)nc4N4C[C@H]5CC[C@@H](C4)N5)C3=O)c12. The molecular weight excluding hydrogens is 523 g/mol. The van der Waals surface area contributed by atoms with Gasteiger partial charge in [0.25, 0.3) is 5.91 Å². The van der Waals surface area contributed by atoms with E-state index in [1.807, 2.05) is 0 Å². The second kappa shape index (κ2) is 10.2. The number of nitrogens with one attached hydrogen (secondary N) is 1. The molecule has 0 saturated carbocycles. The number of terminal acetylenes is 1. The van der Waals surface area contributed by atoms with E-state index in [-0.39, 0.29) is 35.0 Å². The molecule has 1 aromatic heterocycles. The molecule has 3 fully saturated rings. The van der Waals surface area contributed by atoms with E-state index in [1.54, 1.807) is 6.07 Å². The number of likely N-dealkylation sites (N-methyl/N-ethyl adjacent to an activating group) is 1. The van der Waals surface area contributed by atoms with E-state index in [4.69, 9.17) is 16.1 Å². The summed E-state index contributed by atoms with van der Waals surface area (Å²) in [4.78, 5) is 29.8. The van der Waals surface area contributed by atoms with Crippen molar-refractivity contribution < 1.29 is 19.0 Å². The number of rotatable bonds is 5. The van der Waals surface area contributed by atoms with Gasteiger partial charge in [-0.1, -0.05) is 12.0 Å². The van der Waals surface area contributed by atoms with Crippen molar-refractivity contribution in [3.8, 4) is 24.1 Å². The zero-order valence-corrected chi connectivity index (χ0v) is 23.1. The number of phenols is 1. The van der Waals surface area contributed by atoms with Crippen LogP contribution in [-0.4, -0.2) is 83.8 Å². The van der Waals surface area contributed by atoms with Crippen molar-refractivity contribution in [2.45, 2.75) is 50.2 Å². The fraction of sp³-hybridized carbons (Fsp3) is 0.452. The third kappa shape index (κ3) is 4.53. The van der Waals surface area contributed by atoms with Gasteiger partial charge in [0.05, 0.1) is 11.3 Å². The number of fused-ring (bicyclic) bond motifs is 4. The fourth-order valence-corrected chi connectivity index (χ4v) is 6.96. The van der Waals surface area contributed by atoms with E-state index in [0.717, 1.165) is 56.7 Å². The Labute approximate surface area is 238 Å². The van der Waals surface area contributed by atoms with Crippen LogP contribution in [-0.2, 0) is 6.42 Å². The molecule has 0 spiro atoms. The van der Waals surface area contributed by atoms with Crippen LogP contribution in [0.4, 0.5) is 15.9 Å². The Balaban J connectivity index is 1.30. The molecule has 2 aromatic carbocycles. The highest BCUT2D eigenvalue weighted by molar-refractivity contribution is 6.13. The molecule has 2 bridgehead atoms. The maximum absolute atomic E-state index is 14.8. The van der Waals surface area contributed by atoms with Gasteiger partial charge < -0.3 is 29.9 Å². The number of piperazine rings is 1. The van der Waals surface area contributed by atoms with Gasteiger partial charge in [0.15, 0.2) is 0 Å². The van der Waals surface area contributed by atoms with Gasteiger partial charge in [0.2, 0.25) is 0 Å². The molecule has 9 nitrogen and oxygen atoms in total. The molecule has 3 atom stereocenters. The Kier molecular flexibility index (Phi) is 6.44. The first-order chi connectivity index (χ1) is 19.9. The molecule has 3 aromatic rings. The number of hydrogen-bond acceptors (Lipinski definition) is 8. The molecule has 212 valence electrons. The molecule has 41 heavy (non-hydrogen) atoms. The van der Waals surface area contributed by atoms with Gasteiger partial charge in [-0.3, -0.25) is 4.79 Å². The zero-order valence-electron chi connectivity index (χ0n) is 23.1. The lowest BCUT2D eigenvalue weighted by Gasteiger charge is -2.37. The van der Waals surface area contributed by atoms with Crippen LogP contribution >= 0.6 is 0 Å². The summed E-state index contributed by atoms with van der Waals surface area (Å²) in [7, 11) is 2.09. The first-order valence-corrected chi connectivity index (χ1v) is 14.4. The predicted octanol–water partition coefficient (Wildman–Crippen LogP) is 3.07. The first-order valence-electron chi connectivity index (χ1n) is 14.4. The molecule has 10 heteroatoms. The van der Waals surface area contributed by atoms with Crippen LogP contribution in [0.15, 0.2) is 24.3 Å². The van der Waals surface area contributed by atoms with Crippen LogP contribution in [0.2, 0.25) is 0 Å². The number of carbonyl (C=O) groups excluding carboxylic acids is 1. The van der Waals surface area contributed by atoms with Crippen LogP contribution < -0.4 is 19.9 Å². The summed E-state index contributed by atoms with van der Waals surface area (Å²) in [5.74, 6) is 2.25. The molecule has 0 unspecified atom stereocenters. The number of halogens is 1. The molecule has 4 aliphatic heterocycles. The topological polar surface area (TPSA) is 94.1 Å². The van der Waals surface area contributed by atoms with Gasteiger partial charge in [-0.05, 0) is 63.2 Å². The number of aromatic hydroxyl groups is 1. The van der Waals surface area contributed by atoms with Crippen LogP contribution in [0.25, 0.3) is 10.8 Å². The van der Waals surface area contributed by atoms with Crippen molar-refractivity contribution >= 4 is 28.2 Å². The number of phenolic OH excluding ortho intramolecular Hbond substituents is 1. The third-order valence-corrected chi connectivity index (χ3v) is 9.06. The molecule has 7 rings (SSSR count). The van der Waals surface area contributed by atoms with Gasteiger partial charge >= 0.3 is 6.01 Å². The van der Waals surface area contributed by atoms with E-state index < -0.39 is 5.82 Å². The van der Waals surface area contributed by atoms with Crippen molar-refractivity contribution in [3.05, 3.63) is 46.9 Å². The summed E-state index contributed by atoms with van der Waals surface area (Å²) in [6, 6.07) is 7.07. The second-order valence-electron chi connectivity index (χ2n) is 11.6. The number of hydrogen-bond donors (Lipinski definition) is 2. The Morgan fingerprint density at radius 1 is 1.17 bits per heavy atom. The van der Waals surface area contributed by atoms with E-state index >= 15 is 0 Å². The molecule has 3 saturated heterocycles. The number of amides is 1. The van der Waals surface area contributed by atoms with Crippen molar-refractivity contribution in [2.24, 2.45) is 0 Å². The highest BCUT2D eigenvalue weighted by atomic mass is 19.1. The lowest BCUT2D eigenvalue weighted by atomic mass is 9.98. The van der Waals surface area contributed by atoms with Gasteiger partial charge in [0, 0.05) is 54.8 Å². The monoisotopic (exact) mass is 556 g/mol. The van der Waals surface area contributed by atoms with Gasteiger partial charge in [-0.2, -0.15) is 9.97 Å². The molecule has 1 amide bonds. The van der Waals surface area contributed by atoms with Gasteiger partial charge in [-0.15, -0.1) is 6.42 Å². The zero-order chi connectivity index (χ0) is 28.2.